The van der Waals surface area contributed by atoms with Crippen LogP contribution in [0.4, 0.5) is 11.4 Å². The highest BCUT2D eigenvalue weighted by molar-refractivity contribution is 6.32. The molecule has 4 nitrogen and oxygen atoms in total. The minimum absolute atomic E-state index is 0.554. The average molecular weight is 235 g/mol. The van der Waals surface area contributed by atoms with Crippen molar-refractivity contribution in [3.8, 4) is 0 Å². The summed E-state index contributed by atoms with van der Waals surface area (Å²) in [6.07, 6.45) is 3.31. The van der Waals surface area contributed by atoms with Gasteiger partial charge in [0.05, 0.1) is 17.6 Å². The Hall–Kier alpha value is -1.81. The van der Waals surface area contributed by atoms with E-state index >= 15 is 0 Å². The number of rotatable bonds is 2. The molecule has 0 radical (unpaired) electrons. The van der Waals surface area contributed by atoms with E-state index in [4.69, 9.17) is 17.3 Å². The van der Waals surface area contributed by atoms with E-state index in [2.05, 4.69) is 10.1 Å². The Kier molecular flexibility index (Phi) is 2.92. The highest BCUT2D eigenvalue weighted by Crippen LogP contribution is 2.21. The Balaban J connectivity index is 2.28. The van der Waals surface area contributed by atoms with Crippen LogP contribution < -0.4 is 5.73 Å². The molecular formula is C11H11ClN4. The van der Waals surface area contributed by atoms with Gasteiger partial charge in [-0.1, -0.05) is 23.7 Å². The second-order valence-corrected chi connectivity index (χ2v) is 3.69. The normalized spacial score (nSPS) is 11.1. The summed E-state index contributed by atoms with van der Waals surface area (Å²) in [5.74, 6) is 0. The van der Waals surface area contributed by atoms with Crippen molar-refractivity contribution in [3.63, 3.8) is 0 Å². The van der Waals surface area contributed by atoms with Crippen LogP contribution in [0.1, 0.15) is 5.56 Å². The molecule has 0 aliphatic rings. The summed E-state index contributed by atoms with van der Waals surface area (Å²) in [6, 6.07) is 7.40. The fourth-order valence-corrected chi connectivity index (χ4v) is 1.41. The molecule has 82 valence electrons. The summed E-state index contributed by atoms with van der Waals surface area (Å²) in [5.41, 5.74) is 7.89. The van der Waals surface area contributed by atoms with E-state index in [9.17, 15) is 0 Å². The number of anilines is 1. The first-order valence-corrected chi connectivity index (χ1v) is 5.12. The number of aromatic nitrogens is 2. The molecule has 16 heavy (non-hydrogen) atoms. The summed E-state index contributed by atoms with van der Waals surface area (Å²) >= 11 is 5.99. The largest absolute Gasteiger partial charge is 0.397 e. The molecule has 0 atom stereocenters. The molecule has 0 aliphatic carbocycles. The molecular weight excluding hydrogens is 224 g/mol. The zero-order valence-electron chi connectivity index (χ0n) is 8.76. The molecule has 5 heteroatoms. The number of para-hydroxylation sites is 2. The highest BCUT2D eigenvalue weighted by atomic mass is 35.5. The van der Waals surface area contributed by atoms with Crippen molar-refractivity contribution in [1.82, 2.24) is 9.78 Å². The first-order chi connectivity index (χ1) is 7.68. The van der Waals surface area contributed by atoms with Crippen LogP contribution in [0, 0.1) is 0 Å². The van der Waals surface area contributed by atoms with Crippen LogP contribution >= 0.6 is 11.6 Å². The lowest BCUT2D eigenvalue weighted by Crippen LogP contribution is -1.89. The molecule has 1 aromatic heterocycles. The number of benzene rings is 1. The van der Waals surface area contributed by atoms with Crippen molar-refractivity contribution in [2.45, 2.75) is 0 Å². The lowest BCUT2D eigenvalue weighted by atomic mass is 10.3. The molecule has 0 fully saturated rings. The van der Waals surface area contributed by atoms with Crippen molar-refractivity contribution < 1.29 is 0 Å². The number of aryl methyl sites for hydroxylation is 1. The van der Waals surface area contributed by atoms with Gasteiger partial charge >= 0.3 is 0 Å². The van der Waals surface area contributed by atoms with E-state index in [-0.39, 0.29) is 0 Å². The third kappa shape index (κ3) is 2.06. The fourth-order valence-electron chi connectivity index (χ4n) is 1.27. The van der Waals surface area contributed by atoms with E-state index in [1.54, 1.807) is 30.2 Å². The zero-order valence-corrected chi connectivity index (χ0v) is 9.52. The van der Waals surface area contributed by atoms with Crippen molar-refractivity contribution in [3.05, 3.63) is 41.2 Å². The maximum absolute atomic E-state index is 5.99. The minimum atomic E-state index is 0.554. The molecule has 0 spiro atoms. The zero-order chi connectivity index (χ0) is 11.5. The van der Waals surface area contributed by atoms with Gasteiger partial charge in [0.15, 0.2) is 0 Å². The van der Waals surface area contributed by atoms with E-state index in [1.807, 2.05) is 18.2 Å². The van der Waals surface area contributed by atoms with Crippen LogP contribution in [0.25, 0.3) is 0 Å². The quantitative estimate of drug-likeness (QED) is 0.641. The molecule has 2 N–H and O–H groups in total. The van der Waals surface area contributed by atoms with Gasteiger partial charge in [0.25, 0.3) is 0 Å². The van der Waals surface area contributed by atoms with E-state index in [0.29, 0.717) is 10.8 Å². The molecule has 0 bridgehead atoms. The molecule has 0 saturated carbocycles. The lowest BCUT2D eigenvalue weighted by molar-refractivity contribution is 0.768. The first kappa shape index (κ1) is 10.7. The van der Waals surface area contributed by atoms with Gasteiger partial charge in [-0.25, -0.2) is 0 Å². The van der Waals surface area contributed by atoms with Crippen LogP contribution in [-0.2, 0) is 7.05 Å². The third-order valence-electron chi connectivity index (χ3n) is 2.17. The number of aliphatic imine (C=N–C) groups is 1. The molecule has 0 aliphatic heterocycles. The standard InChI is InChI=1S/C11H11ClN4/c1-16-11(12)8(7-15-16)6-14-10-5-3-2-4-9(10)13/h2-7H,13H2,1H3. The van der Waals surface area contributed by atoms with Crippen molar-refractivity contribution in [2.24, 2.45) is 12.0 Å². The molecule has 1 heterocycles. The molecule has 2 rings (SSSR count). The second kappa shape index (κ2) is 4.37. The Morgan fingerprint density at radius 3 is 2.81 bits per heavy atom. The van der Waals surface area contributed by atoms with Crippen LogP contribution in [0.5, 0.6) is 0 Å². The van der Waals surface area contributed by atoms with Gasteiger partial charge in [0, 0.05) is 18.8 Å². The van der Waals surface area contributed by atoms with Crippen LogP contribution in [0.15, 0.2) is 35.5 Å². The average Bonchev–Trinajstić information content (AvgIpc) is 2.59. The summed E-state index contributed by atoms with van der Waals surface area (Å²) in [6.45, 7) is 0. The number of halogens is 1. The predicted molar refractivity (Wildman–Crippen MR) is 66.3 cm³/mol. The van der Waals surface area contributed by atoms with E-state index < -0.39 is 0 Å². The number of nitrogen functional groups attached to an aromatic ring is 1. The second-order valence-electron chi connectivity index (χ2n) is 3.33. The Morgan fingerprint density at radius 2 is 2.19 bits per heavy atom. The monoisotopic (exact) mass is 234 g/mol. The van der Waals surface area contributed by atoms with Crippen molar-refractivity contribution >= 4 is 29.2 Å². The third-order valence-corrected chi connectivity index (χ3v) is 2.63. The number of nitrogens with zero attached hydrogens (tertiary/aromatic N) is 3. The number of hydrogen-bond acceptors (Lipinski definition) is 3. The van der Waals surface area contributed by atoms with E-state index in [1.165, 1.54) is 0 Å². The van der Waals surface area contributed by atoms with Crippen molar-refractivity contribution in [2.75, 3.05) is 5.73 Å². The van der Waals surface area contributed by atoms with Gasteiger partial charge in [-0.2, -0.15) is 5.10 Å². The summed E-state index contributed by atoms with van der Waals surface area (Å²) < 4.78 is 1.58. The van der Waals surface area contributed by atoms with Crippen LogP contribution in [0.3, 0.4) is 0 Å². The summed E-state index contributed by atoms with van der Waals surface area (Å²) in [5, 5.41) is 4.57. The Morgan fingerprint density at radius 1 is 1.44 bits per heavy atom. The lowest BCUT2D eigenvalue weighted by Gasteiger charge is -1.97. The molecule has 0 amide bonds. The first-order valence-electron chi connectivity index (χ1n) is 4.74. The summed E-state index contributed by atoms with van der Waals surface area (Å²) in [7, 11) is 1.77. The fraction of sp³-hybridized carbons (Fsp3) is 0.0909. The van der Waals surface area contributed by atoms with Gasteiger partial charge in [-0.3, -0.25) is 9.67 Å². The van der Waals surface area contributed by atoms with Gasteiger partial charge in [-0.05, 0) is 12.1 Å². The SMILES string of the molecule is Cn1ncc(C=Nc2ccccc2N)c1Cl. The maximum atomic E-state index is 5.99. The summed E-state index contributed by atoms with van der Waals surface area (Å²) in [4.78, 5) is 4.26. The number of nitrogens with two attached hydrogens (primary N) is 1. The van der Waals surface area contributed by atoms with Gasteiger partial charge in [0.2, 0.25) is 0 Å². The van der Waals surface area contributed by atoms with Gasteiger partial charge < -0.3 is 5.73 Å². The minimum Gasteiger partial charge on any atom is -0.397 e. The molecule has 1 aromatic carbocycles. The highest BCUT2D eigenvalue weighted by Gasteiger charge is 2.02. The Bertz CT molecular complexity index is 531. The Labute approximate surface area is 98.4 Å². The molecule has 0 saturated heterocycles. The number of hydrogen-bond donors (Lipinski definition) is 1. The topological polar surface area (TPSA) is 56.2 Å². The van der Waals surface area contributed by atoms with Crippen molar-refractivity contribution in [1.29, 1.82) is 0 Å². The van der Waals surface area contributed by atoms with Crippen LogP contribution in [-0.4, -0.2) is 16.0 Å². The van der Waals surface area contributed by atoms with E-state index in [0.717, 1.165) is 11.3 Å². The molecule has 2 aromatic rings. The molecule has 0 unspecified atom stereocenters. The smallest absolute Gasteiger partial charge is 0.135 e. The maximum Gasteiger partial charge on any atom is 0.135 e. The predicted octanol–water partition coefficient (Wildman–Crippen LogP) is 2.41. The van der Waals surface area contributed by atoms with Gasteiger partial charge in [0.1, 0.15) is 5.15 Å². The van der Waals surface area contributed by atoms with Crippen LogP contribution in [0.2, 0.25) is 5.15 Å². The van der Waals surface area contributed by atoms with Gasteiger partial charge in [-0.15, -0.1) is 0 Å².